The highest BCUT2D eigenvalue weighted by Crippen LogP contribution is 2.15. The van der Waals surface area contributed by atoms with Crippen LogP contribution in [-0.4, -0.2) is 25.2 Å². The molecule has 0 aliphatic rings. The van der Waals surface area contributed by atoms with E-state index < -0.39 is 0 Å². The van der Waals surface area contributed by atoms with E-state index in [1.54, 1.807) is 0 Å². The summed E-state index contributed by atoms with van der Waals surface area (Å²) in [7, 11) is 0. The van der Waals surface area contributed by atoms with Crippen LogP contribution in [0.15, 0.2) is 0 Å². The summed E-state index contributed by atoms with van der Waals surface area (Å²) < 4.78 is 10.3. The van der Waals surface area contributed by atoms with Gasteiger partial charge in [-0.25, -0.2) is 0 Å². The Morgan fingerprint density at radius 2 is 1.52 bits per heavy atom. The predicted octanol–water partition coefficient (Wildman–Crippen LogP) is 4.26. The normalized spacial score (nSPS) is 12.0. The largest absolute Gasteiger partial charge is 0.466 e. The highest BCUT2D eigenvalue weighted by atomic mass is 16.5. The van der Waals surface area contributed by atoms with Crippen LogP contribution in [0.2, 0.25) is 0 Å². The summed E-state index contributed by atoms with van der Waals surface area (Å²) in [5, 5.41) is 0. The second-order valence-electron chi connectivity index (χ2n) is 5.45. The molecule has 0 aliphatic heterocycles. The van der Waals surface area contributed by atoms with Crippen LogP contribution in [0.3, 0.4) is 0 Å². The number of unbranched alkanes of at least 4 members (excludes halogenated alkanes) is 3. The number of hydrogen-bond donors (Lipinski definition) is 0. The van der Waals surface area contributed by atoms with Crippen LogP contribution in [0.1, 0.15) is 78.6 Å². The van der Waals surface area contributed by atoms with Crippen molar-refractivity contribution in [2.45, 2.75) is 78.6 Å². The highest BCUT2D eigenvalue weighted by Gasteiger charge is 2.17. The lowest BCUT2D eigenvalue weighted by atomic mass is 9.99. The molecule has 0 fully saturated rings. The summed E-state index contributed by atoms with van der Waals surface area (Å²) in [5.74, 6) is -0.174. The summed E-state index contributed by atoms with van der Waals surface area (Å²) in [6.07, 6.45) is 7.99. The van der Waals surface area contributed by atoms with Crippen molar-refractivity contribution >= 4 is 11.9 Å². The molecular formula is C17H32O4. The standard InChI is InChI=1S/C17H32O4/c1-4-7-8-12-15(6-3)17(19)21-14-10-9-13-20-16(18)11-5-2/h15H,4-14H2,1-3H3. The number of esters is 2. The van der Waals surface area contributed by atoms with E-state index in [4.69, 9.17) is 9.47 Å². The van der Waals surface area contributed by atoms with Crippen molar-refractivity contribution < 1.29 is 19.1 Å². The molecule has 21 heavy (non-hydrogen) atoms. The SMILES string of the molecule is CCCCCC(CC)C(=O)OCCCCOC(=O)CCC. The molecule has 4 heteroatoms. The third-order valence-corrected chi connectivity index (χ3v) is 3.48. The first-order chi connectivity index (χ1) is 10.2. The van der Waals surface area contributed by atoms with Crippen molar-refractivity contribution in [3.63, 3.8) is 0 Å². The summed E-state index contributed by atoms with van der Waals surface area (Å²) >= 11 is 0. The monoisotopic (exact) mass is 300 g/mol. The molecule has 1 unspecified atom stereocenters. The van der Waals surface area contributed by atoms with Crippen LogP contribution >= 0.6 is 0 Å². The van der Waals surface area contributed by atoms with Crippen molar-refractivity contribution in [3.8, 4) is 0 Å². The molecule has 4 nitrogen and oxygen atoms in total. The molecule has 0 amide bonds. The number of hydrogen-bond acceptors (Lipinski definition) is 4. The Labute approximate surface area is 129 Å². The van der Waals surface area contributed by atoms with Gasteiger partial charge in [-0.05, 0) is 32.1 Å². The zero-order valence-electron chi connectivity index (χ0n) is 14.0. The second kappa shape index (κ2) is 13.9. The molecule has 0 aromatic rings. The topological polar surface area (TPSA) is 52.6 Å². The number of ether oxygens (including phenoxy) is 2. The van der Waals surface area contributed by atoms with Gasteiger partial charge in [0.2, 0.25) is 0 Å². The van der Waals surface area contributed by atoms with Gasteiger partial charge in [0.05, 0.1) is 19.1 Å². The number of carbonyl (C=O) groups excluding carboxylic acids is 2. The minimum atomic E-state index is -0.142. The van der Waals surface area contributed by atoms with Gasteiger partial charge < -0.3 is 9.47 Å². The van der Waals surface area contributed by atoms with Crippen LogP contribution in [0.25, 0.3) is 0 Å². The van der Waals surface area contributed by atoms with E-state index in [0.717, 1.165) is 38.5 Å². The second-order valence-corrected chi connectivity index (χ2v) is 5.45. The van der Waals surface area contributed by atoms with E-state index in [2.05, 4.69) is 6.92 Å². The Morgan fingerprint density at radius 1 is 0.857 bits per heavy atom. The van der Waals surface area contributed by atoms with Gasteiger partial charge in [0, 0.05) is 6.42 Å². The van der Waals surface area contributed by atoms with E-state index in [1.807, 2.05) is 13.8 Å². The zero-order chi connectivity index (χ0) is 15.9. The van der Waals surface area contributed by atoms with Gasteiger partial charge >= 0.3 is 11.9 Å². The first-order valence-corrected chi connectivity index (χ1v) is 8.47. The molecule has 0 saturated heterocycles. The molecule has 0 aliphatic carbocycles. The summed E-state index contributed by atoms with van der Waals surface area (Å²) in [6, 6.07) is 0. The molecule has 0 aromatic carbocycles. The molecule has 0 N–H and O–H groups in total. The van der Waals surface area contributed by atoms with Crippen LogP contribution in [0.5, 0.6) is 0 Å². The minimum Gasteiger partial charge on any atom is -0.466 e. The maximum absolute atomic E-state index is 11.9. The summed E-state index contributed by atoms with van der Waals surface area (Å²) in [4.78, 5) is 23.0. The lowest BCUT2D eigenvalue weighted by molar-refractivity contribution is -0.150. The smallest absolute Gasteiger partial charge is 0.308 e. The first kappa shape index (κ1) is 19.9. The third kappa shape index (κ3) is 11.3. The molecule has 0 radical (unpaired) electrons. The minimum absolute atomic E-state index is 0.0407. The molecule has 0 saturated carbocycles. The fourth-order valence-electron chi connectivity index (χ4n) is 2.09. The molecule has 0 spiro atoms. The van der Waals surface area contributed by atoms with Gasteiger partial charge in [-0.3, -0.25) is 9.59 Å². The Bertz CT molecular complexity index is 276. The number of carbonyl (C=O) groups is 2. The fraction of sp³-hybridized carbons (Fsp3) is 0.882. The average Bonchev–Trinajstić information content (AvgIpc) is 2.47. The lowest BCUT2D eigenvalue weighted by Crippen LogP contribution is -2.18. The maximum atomic E-state index is 11.9. The Hall–Kier alpha value is -1.06. The maximum Gasteiger partial charge on any atom is 0.308 e. The van der Waals surface area contributed by atoms with E-state index in [0.29, 0.717) is 19.6 Å². The lowest BCUT2D eigenvalue weighted by Gasteiger charge is -2.13. The Morgan fingerprint density at radius 3 is 2.10 bits per heavy atom. The van der Waals surface area contributed by atoms with Crippen LogP contribution in [0.4, 0.5) is 0 Å². The van der Waals surface area contributed by atoms with Gasteiger partial charge in [0.25, 0.3) is 0 Å². The van der Waals surface area contributed by atoms with Crippen molar-refractivity contribution in [1.82, 2.24) is 0 Å². The zero-order valence-corrected chi connectivity index (χ0v) is 14.0. The van der Waals surface area contributed by atoms with E-state index >= 15 is 0 Å². The van der Waals surface area contributed by atoms with Gasteiger partial charge in [0.1, 0.15) is 0 Å². The molecule has 0 aromatic heterocycles. The van der Waals surface area contributed by atoms with Crippen molar-refractivity contribution in [1.29, 1.82) is 0 Å². The van der Waals surface area contributed by atoms with E-state index in [-0.39, 0.29) is 17.9 Å². The Balaban J connectivity index is 3.60. The van der Waals surface area contributed by atoms with Gasteiger partial charge in [-0.1, -0.05) is 40.0 Å². The predicted molar refractivity (Wildman–Crippen MR) is 84.0 cm³/mol. The molecule has 0 heterocycles. The molecule has 1 atom stereocenters. The molecule has 0 rings (SSSR count). The molecule has 124 valence electrons. The van der Waals surface area contributed by atoms with Gasteiger partial charge in [0.15, 0.2) is 0 Å². The molecular weight excluding hydrogens is 268 g/mol. The van der Waals surface area contributed by atoms with Gasteiger partial charge in [-0.15, -0.1) is 0 Å². The van der Waals surface area contributed by atoms with Crippen molar-refractivity contribution in [2.75, 3.05) is 13.2 Å². The summed E-state index contributed by atoms with van der Waals surface area (Å²) in [6.45, 7) is 6.99. The third-order valence-electron chi connectivity index (χ3n) is 3.48. The fourth-order valence-corrected chi connectivity index (χ4v) is 2.09. The van der Waals surface area contributed by atoms with Gasteiger partial charge in [-0.2, -0.15) is 0 Å². The van der Waals surface area contributed by atoms with Crippen molar-refractivity contribution in [2.24, 2.45) is 5.92 Å². The molecule has 0 bridgehead atoms. The van der Waals surface area contributed by atoms with E-state index in [1.165, 1.54) is 12.8 Å². The quantitative estimate of drug-likeness (QED) is 0.377. The Kier molecular flexibility index (Phi) is 13.2. The summed E-state index contributed by atoms with van der Waals surface area (Å²) in [5.41, 5.74) is 0. The van der Waals surface area contributed by atoms with Crippen LogP contribution in [0, 0.1) is 5.92 Å². The van der Waals surface area contributed by atoms with Crippen molar-refractivity contribution in [3.05, 3.63) is 0 Å². The first-order valence-electron chi connectivity index (χ1n) is 8.47. The average molecular weight is 300 g/mol. The highest BCUT2D eigenvalue weighted by molar-refractivity contribution is 5.72. The van der Waals surface area contributed by atoms with Crippen LogP contribution in [-0.2, 0) is 19.1 Å². The van der Waals surface area contributed by atoms with Crippen LogP contribution < -0.4 is 0 Å². The number of rotatable bonds is 13. The van der Waals surface area contributed by atoms with E-state index in [9.17, 15) is 9.59 Å².